The van der Waals surface area contributed by atoms with Crippen LogP contribution >= 0.6 is 0 Å². The van der Waals surface area contributed by atoms with Crippen molar-refractivity contribution in [3.63, 3.8) is 0 Å². The van der Waals surface area contributed by atoms with Crippen LogP contribution in [0.15, 0.2) is 46.9 Å². The summed E-state index contributed by atoms with van der Waals surface area (Å²) in [6.07, 6.45) is -0.825. The van der Waals surface area contributed by atoms with Gasteiger partial charge in [0.25, 0.3) is 0 Å². The predicted octanol–water partition coefficient (Wildman–Crippen LogP) is 2.56. The van der Waals surface area contributed by atoms with E-state index in [4.69, 9.17) is 4.42 Å². The maximum absolute atomic E-state index is 11.0. The fourth-order valence-corrected chi connectivity index (χ4v) is 1.49. The monoisotopic (exact) mass is 216 g/mol. The Morgan fingerprint density at radius 1 is 1.19 bits per heavy atom. The molecule has 0 aliphatic rings. The van der Waals surface area contributed by atoms with Crippen LogP contribution in [0.1, 0.15) is 34.9 Å². The van der Waals surface area contributed by atoms with Crippen LogP contribution < -0.4 is 0 Å². The average Bonchev–Trinajstić information content (AvgIpc) is 2.78. The molecule has 0 spiro atoms. The Morgan fingerprint density at radius 3 is 2.44 bits per heavy atom. The Hall–Kier alpha value is -1.87. The van der Waals surface area contributed by atoms with Crippen LogP contribution in [0, 0.1) is 0 Å². The lowest BCUT2D eigenvalue weighted by Gasteiger charge is -2.07. The molecule has 3 heteroatoms. The van der Waals surface area contributed by atoms with Crippen LogP contribution in [-0.4, -0.2) is 10.9 Å². The highest BCUT2D eigenvalue weighted by atomic mass is 16.4. The molecule has 1 aromatic heterocycles. The maximum atomic E-state index is 11.0. The van der Waals surface area contributed by atoms with E-state index in [0.29, 0.717) is 5.76 Å². The quantitative estimate of drug-likeness (QED) is 0.802. The molecule has 2 rings (SSSR count). The van der Waals surface area contributed by atoms with E-state index in [0.717, 1.165) is 5.56 Å². The summed E-state index contributed by atoms with van der Waals surface area (Å²) in [5.41, 5.74) is 0.743. The molecule has 0 saturated heterocycles. The molecule has 1 atom stereocenters. The summed E-state index contributed by atoms with van der Waals surface area (Å²) in [5, 5.41) is 9.98. The molecule has 0 radical (unpaired) electrons. The first-order valence-electron chi connectivity index (χ1n) is 5.02. The molecule has 16 heavy (non-hydrogen) atoms. The first kappa shape index (κ1) is 10.6. The molecule has 0 bridgehead atoms. The second kappa shape index (κ2) is 4.33. The molecule has 0 fully saturated rings. The highest BCUT2D eigenvalue weighted by molar-refractivity contribution is 5.91. The standard InChI is InChI=1S/C13H12O3/c1-9(14)11-7-8-12(16-11)13(15)10-5-3-2-4-6-10/h2-8,13,15H,1H3. The van der Waals surface area contributed by atoms with Crippen LogP contribution in [-0.2, 0) is 0 Å². The predicted molar refractivity (Wildman–Crippen MR) is 59.2 cm³/mol. The molecule has 2 aromatic rings. The van der Waals surface area contributed by atoms with Gasteiger partial charge < -0.3 is 9.52 Å². The second-order valence-electron chi connectivity index (χ2n) is 3.57. The van der Waals surface area contributed by atoms with Crippen molar-refractivity contribution in [1.82, 2.24) is 0 Å². The van der Waals surface area contributed by atoms with E-state index in [1.165, 1.54) is 6.92 Å². The van der Waals surface area contributed by atoms with E-state index in [1.807, 2.05) is 18.2 Å². The van der Waals surface area contributed by atoms with Gasteiger partial charge in [-0.3, -0.25) is 4.79 Å². The molecule has 0 amide bonds. The van der Waals surface area contributed by atoms with Gasteiger partial charge in [-0.05, 0) is 17.7 Å². The molecule has 0 saturated carbocycles. The largest absolute Gasteiger partial charge is 0.455 e. The topological polar surface area (TPSA) is 50.4 Å². The van der Waals surface area contributed by atoms with Crippen LogP contribution in [0.2, 0.25) is 0 Å². The maximum Gasteiger partial charge on any atom is 0.194 e. The zero-order valence-corrected chi connectivity index (χ0v) is 8.88. The van der Waals surface area contributed by atoms with Gasteiger partial charge in [-0.15, -0.1) is 0 Å². The zero-order valence-electron chi connectivity index (χ0n) is 8.88. The Labute approximate surface area is 93.3 Å². The van der Waals surface area contributed by atoms with Gasteiger partial charge in [-0.2, -0.15) is 0 Å². The first-order chi connectivity index (χ1) is 7.68. The van der Waals surface area contributed by atoms with Crippen molar-refractivity contribution >= 4 is 5.78 Å². The van der Waals surface area contributed by atoms with Gasteiger partial charge in [0.05, 0.1) is 0 Å². The van der Waals surface area contributed by atoms with Gasteiger partial charge in [0.15, 0.2) is 11.5 Å². The van der Waals surface area contributed by atoms with Crippen LogP contribution in [0.5, 0.6) is 0 Å². The van der Waals surface area contributed by atoms with Gasteiger partial charge >= 0.3 is 0 Å². The molecule has 1 aromatic carbocycles. The lowest BCUT2D eigenvalue weighted by Crippen LogP contribution is -1.97. The Bertz CT molecular complexity index is 485. The van der Waals surface area contributed by atoms with Gasteiger partial charge in [0, 0.05) is 6.92 Å². The fourth-order valence-electron chi connectivity index (χ4n) is 1.49. The molecule has 82 valence electrons. The number of carbonyl (C=O) groups excluding carboxylic acids is 1. The van der Waals surface area contributed by atoms with Crippen LogP contribution in [0.3, 0.4) is 0 Å². The van der Waals surface area contributed by atoms with Gasteiger partial charge in [0.1, 0.15) is 11.9 Å². The third-order valence-electron chi connectivity index (χ3n) is 2.36. The summed E-state index contributed by atoms with van der Waals surface area (Å²) >= 11 is 0. The molecule has 0 aliphatic carbocycles. The molecule has 1 heterocycles. The van der Waals surface area contributed by atoms with E-state index in [-0.39, 0.29) is 11.5 Å². The Kier molecular flexibility index (Phi) is 2.88. The van der Waals surface area contributed by atoms with E-state index < -0.39 is 6.10 Å². The third kappa shape index (κ3) is 2.04. The smallest absolute Gasteiger partial charge is 0.194 e. The number of ketones is 1. The van der Waals surface area contributed by atoms with Crippen molar-refractivity contribution in [1.29, 1.82) is 0 Å². The summed E-state index contributed by atoms with van der Waals surface area (Å²) in [5.74, 6) is 0.507. The first-order valence-corrected chi connectivity index (χ1v) is 5.02. The number of carbonyl (C=O) groups is 1. The number of rotatable bonds is 3. The molecule has 1 N–H and O–H groups in total. The summed E-state index contributed by atoms with van der Waals surface area (Å²) in [6.45, 7) is 1.43. The van der Waals surface area contributed by atoms with Crippen LogP contribution in [0.25, 0.3) is 0 Å². The lowest BCUT2D eigenvalue weighted by molar-refractivity contribution is 0.0979. The number of furan rings is 1. The van der Waals surface area contributed by atoms with E-state index in [2.05, 4.69) is 0 Å². The number of hydrogen-bond acceptors (Lipinski definition) is 3. The van der Waals surface area contributed by atoms with Crippen molar-refractivity contribution < 1.29 is 14.3 Å². The molecular weight excluding hydrogens is 204 g/mol. The minimum Gasteiger partial charge on any atom is -0.455 e. The van der Waals surface area contributed by atoms with Gasteiger partial charge in [-0.1, -0.05) is 30.3 Å². The van der Waals surface area contributed by atoms with Crippen molar-refractivity contribution in [2.45, 2.75) is 13.0 Å². The highest BCUT2D eigenvalue weighted by Gasteiger charge is 2.15. The summed E-state index contributed by atoms with van der Waals surface area (Å²) in [7, 11) is 0. The van der Waals surface area contributed by atoms with Gasteiger partial charge in [0.2, 0.25) is 0 Å². The van der Waals surface area contributed by atoms with Crippen molar-refractivity contribution in [3.05, 3.63) is 59.5 Å². The number of benzene rings is 1. The number of aliphatic hydroxyl groups is 1. The Balaban J connectivity index is 2.27. The normalized spacial score (nSPS) is 12.4. The minimum absolute atomic E-state index is 0.147. The summed E-state index contributed by atoms with van der Waals surface area (Å²) in [4.78, 5) is 11.0. The molecular formula is C13H12O3. The fraction of sp³-hybridized carbons (Fsp3) is 0.154. The van der Waals surface area contributed by atoms with Crippen molar-refractivity contribution in [3.8, 4) is 0 Å². The molecule has 3 nitrogen and oxygen atoms in total. The molecule has 1 unspecified atom stereocenters. The molecule has 0 aliphatic heterocycles. The van der Waals surface area contributed by atoms with Gasteiger partial charge in [-0.25, -0.2) is 0 Å². The average molecular weight is 216 g/mol. The Morgan fingerprint density at radius 2 is 1.88 bits per heavy atom. The van der Waals surface area contributed by atoms with E-state index in [1.54, 1.807) is 24.3 Å². The van der Waals surface area contributed by atoms with E-state index in [9.17, 15) is 9.90 Å². The minimum atomic E-state index is -0.825. The number of hydrogen-bond donors (Lipinski definition) is 1. The summed E-state index contributed by atoms with van der Waals surface area (Å²) < 4.78 is 5.26. The number of Topliss-reactive ketones (excluding diaryl/α,β-unsaturated/α-hetero) is 1. The highest BCUT2D eigenvalue weighted by Crippen LogP contribution is 2.23. The van der Waals surface area contributed by atoms with E-state index >= 15 is 0 Å². The number of aliphatic hydroxyl groups excluding tert-OH is 1. The third-order valence-corrected chi connectivity index (χ3v) is 2.36. The van der Waals surface area contributed by atoms with Crippen molar-refractivity contribution in [2.75, 3.05) is 0 Å². The SMILES string of the molecule is CC(=O)c1ccc(C(O)c2ccccc2)o1. The second-order valence-corrected chi connectivity index (χ2v) is 3.57. The van der Waals surface area contributed by atoms with Crippen LogP contribution in [0.4, 0.5) is 0 Å². The van der Waals surface area contributed by atoms with Crippen molar-refractivity contribution in [2.24, 2.45) is 0 Å². The lowest BCUT2D eigenvalue weighted by atomic mass is 10.1. The summed E-state index contributed by atoms with van der Waals surface area (Å²) in [6, 6.07) is 12.4. The zero-order chi connectivity index (χ0) is 11.5.